The molecule has 3 heterocycles. The summed E-state index contributed by atoms with van der Waals surface area (Å²) in [5.41, 5.74) is 14.6. The molecule has 1 fully saturated rings. The molecule has 4 rings (SSSR count). The van der Waals surface area contributed by atoms with E-state index in [0.29, 0.717) is 70.0 Å². The number of nitrogens with one attached hydrogen (secondary N) is 3. The summed E-state index contributed by atoms with van der Waals surface area (Å²) in [6, 6.07) is 8.70. The van der Waals surface area contributed by atoms with Crippen molar-refractivity contribution in [1.29, 1.82) is 0 Å². The van der Waals surface area contributed by atoms with Gasteiger partial charge in [-0.1, -0.05) is 24.3 Å². The van der Waals surface area contributed by atoms with Gasteiger partial charge in [0.15, 0.2) is 11.5 Å². The summed E-state index contributed by atoms with van der Waals surface area (Å²) in [6.07, 6.45) is 6.62. The number of hydrogen-bond donors (Lipinski definition) is 5. The fraction of sp³-hybridized carbons (Fsp3) is 0.455. The molecule has 0 bridgehead atoms. The second-order valence-electron chi connectivity index (χ2n) is 12.2. The number of benzene rings is 1. The predicted octanol–water partition coefficient (Wildman–Crippen LogP) is 2.89. The van der Waals surface area contributed by atoms with Crippen LogP contribution < -0.4 is 32.3 Å². The van der Waals surface area contributed by atoms with Crippen molar-refractivity contribution >= 4 is 35.1 Å². The minimum absolute atomic E-state index is 0.00655. The van der Waals surface area contributed by atoms with Crippen molar-refractivity contribution < 1.29 is 23.9 Å². The van der Waals surface area contributed by atoms with E-state index in [1.807, 2.05) is 30.3 Å². The predicted molar refractivity (Wildman–Crippen MR) is 180 cm³/mol. The molecule has 0 spiro atoms. The van der Waals surface area contributed by atoms with Gasteiger partial charge in [-0.25, -0.2) is 14.8 Å². The fourth-order valence-corrected chi connectivity index (χ4v) is 4.96. The Balaban J connectivity index is 1.36. The molecule has 14 heteroatoms. The highest BCUT2D eigenvalue weighted by molar-refractivity contribution is 6.07. The number of ether oxygens (including phenoxy) is 2. The van der Waals surface area contributed by atoms with Gasteiger partial charge in [-0.15, -0.1) is 0 Å². The number of anilines is 3. The minimum atomic E-state index is -0.724. The zero-order valence-corrected chi connectivity index (χ0v) is 27.3. The second kappa shape index (κ2) is 16.7. The topological polar surface area (TPSA) is 200 Å². The van der Waals surface area contributed by atoms with Crippen LogP contribution in [0.25, 0.3) is 11.3 Å². The van der Waals surface area contributed by atoms with Crippen LogP contribution in [0.15, 0.2) is 48.9 Å². The van der Waals surface area contributed by atoms with Crippen LogP contribution in [0.4, 0.5) is 22.0 Å². The maximum Gasteiger partial charge on any atom is 0.408 e. The maximum absolute atomic E-state index is 13.3. The average molecular weight is 648 g/mol. The highest BCUT2D eigenvalue weighted by Gasteiger charge is 2.24. The summed E-state index contributed by atoms with van der Waals surface area (Å²) in [6.45, 7) is 8.79. The summed E-state index contributed by atoms with van der Waals surface area (Å²) < 4.78 is 10.8. The zero-order chi connectivity index (χ0) is 33.8. The molecule has 1 atom stereocenters. The number of morpholine rings is 1. The summed E-state index contributed by atoms with van der Waals surface area (Å²) >= 11 is 0. The number of alkyl carbamates (subject to hydrolysis) is 1. The van der Waals surface area contributed by atoms with Gasteiger partial charge in [0, 0.05) is 31.4 Å². The van der Waals surface area contributed by atoms with E-state index in [-0.39, 0.29) is 17.4 Å². The maximum atomic E-state index is 13.3. The van der Waals surface area contributed by atoms with Gasteiger partial charge in [0.1, 0.15) is 11.6 Å². The van der Waals surface area contributed by atoms with Crippen LogP contribution in [0, 0.1) is 0 Å². The molecule has 1 aliphatic heterocycles. The number of aromatic nitrogens is 3. The van der Waals surface area contributed by atoms with Gasteiger partial charge >= 0.3 is 6.09 Å². The molecule has 47 heavy (non-hydrogen) atoms. The van der Waals surface area contributed by atoms with Gasteiger partial charge in [-0.3, -0.25) is 14.6 Å². The molecular formula is C33H45N9O5. The molecule has 14 nitrogen and oxygen atoms in total. The quantitative estimate of drug-likeness (QED) is 0.171. The first kappa shape index (κ1) is 35.0. The van der Waals surface area contributed by atoms with Gasteiger partial charge in [0.2, 0.25) is 5.91 Å². The van der Waals surface area contributed by atoms with Crippen molar-refractivity contribution in [2.75, 3.05) is 55.3 Å². The third kappa shape index (κ3) is 10.6. The Morgan fingerprint density at radius 2 is 1.81 bits per heavy atom. The second-order valence-corrected chi connectivity index (χ2v) is 12.2. The van der Waals surface area contributed by atoms with Crippen molar-refractivity contribution in [3.05, 3.63) is 60.2 Å². The lowest BCUT2D eigenvalue weighted by Gasteiger charge is -2.30. The molecule has 1 unspecified atom stereocenters. The average Bonchev–Trinajstić information content (AvgIpc) is 3.04. The minimum Gasteiger partial charge on any atom is -0.444 e. The van der Waals surface area contributed by atoms with Crippen LogP contribution in [-0.4, -0.2) is 83.9 Å². The first-order chi connectivity index (χ1) is 22.5. The first-order valence-corrected chi connectivity index (χ1v) is 15.8. The highest BCUT2D eigenvalue weighted by atomic mass is 16.6. The molecular weight excluding hydrogens is 602 g/mol. The molecule has 2 aromatic heterocycles. The van der Waals surface area contributed by atoms with Crippen molar-refractivity contribution in [3.63, 3.8) is 0 Å². The van der Waals surface area contributed by atoms with E-state index in [1.54, 1.807) is 33.2 Å². The molecule has 3 aromatic rings. The van der Waals surface area contributed by atoms with Crippen LogP contribution in [0.1, 0.15) is 56.1 Å². The monoisotopic (exact) mass is 647 g/mol. The van der Waals surface area contributed by atoms with Gasteiger partial charge in [0.05, 0.1) is 42.7 Å². The Kier molecular flexibility index (Phi) is 12.4. The molecule has 3 amide bonds. The van der Waals surface area contributed by atoms with Crippen LogP contribution in [0.5, 0.6) is 0 Å². The molecule has 1 aromatic carbocycles. The Labute approximate surface area is 275 Å². The fourth-order valence-electron chi connectivity index (χ4n) is 4.96. The van der Waals surface area contributed by atoms with Crippen molar-refractivity contribution in [3.8, 4) is 11.3 Å². The summed E-state index contributed by atoms with van der Waals surface area (Å²) in [5, 5.41) is 8.48. The number of hydrogen-bond acceptors (Lipinski definition) is 11. The van der Waals surface area contributed by atoms with E-state index in [0.717, 1.165) is 23.2 Å². The Morgan fingerprint density at radius 1 is 1.06 bits per heavy atom. The number of carbonyl (C=O) groups is 3. The van der Waals surface area contributed by atoms with Crippen molar-refractivity contribution in [2.45, 2.75) is 58.1 Å². The number of unbranched alkanes of at least 4 members (excludes halogenated alkanes) is 1. The van der Waals surface area contributed by atoms with E-state index in [4.69, 9.17) is 20.9 Å². The number of carbonyl (C=O) groups excluding carboxylic acids is 3. The molecule has 1 saturated heterocycles. The largest absolute Gasteiger partial charge is 0.444 e. The van der Waals surface area contributed by atoms with Gasteiger partial charge in [0.25, 0.3) is 5.91 Å². The Hall–Kier alpha value is -4.82. The van der Waals surface area contributed by atoms with Crippen molar-refractivity contribution in [2.24, 2.45) is 5.73 Å². The van der Waals surface area contributed by atoms with E-state index >= 15 is 0 Å². The number of rotatable bonds is 13. The SMILES string of the molecule is CC(C)(C)OC(=O)NC(CCCCN)C(=O)NCCc1ccc(-c2cnc(N)c(C(=O)Nc3cnccc3N3CCOCC3)n2)cc1. The van der Waals surface area contributed by atoms with Gasteiger partial charge in [-0.2, -0.15) is 0 Å². The number of nitrogens with two attached hydrogens (primary N) is 2. The smallest absolute Gasteiger partial charge is 0.408 e. The molecule has 252 valence electrons. The lowest BCUT2D eigenvalue weighted by atomic mass is 10.1. The van der Waals surface area contributed by atoms with E-state index < -0.39 is 23.6 Å². The first-order valence-electron chi connectivity index (χ1n) is 15.8. The lowest BCUT2D eigenvalue weighted by molar-refractivity contribution is -0.123. The van der Waals surface area contributed by atoms with Crippen LogP contribution in [0.3, 0.4) is 0 Å². The number of nitrogens with zero attached hydrogens (tertiary/aromatic N) is 4. The third-order valence-electron chi connectivity index (χ3n) is 7.33. The summed E-state index contributed by atoms with van der Waals surface area (Å²) in [4.78, 5) is 53.6. The summed E-state index contributed by atoms with van der Waals surface area (Å²) in [5.74, 6) is -0.761. The van der Waals surface area contributed by atoms with E-state index in [2.05, 4.69) is 35.8 Å². The third-order valence-corrected chi connectivity index (χ3v) is 7.33. The highest BCUT2D eigenvalue weighted by Crippen LogP contribution is 2.27. The zero-order valence-electron chi connectivity index (χ0n) is 27.3. The van der Waals surface area contributed by atoms with Crippen LogP contribution in [0.2, 0.25) is 0 Å². The number of nitrogen functional groups attached to an aromatic ring is 1. The van der Waals surface area contributed by atoms with Crippen molar-refractivity contribution in [1.82, 2.24) is 25.6 Å². The molecule has 7 N–H and O–H groups in total. The normalized spacial score (nSPS) is 13.8. The molecule has 0 radical (unpaired) electrons. The Morgan fingerprint density at radius 3 is 2.51 bits per heavy atom. The van der Waals surface area contributed by atoms with E-state index in [9.17, 15) is 14.4 Å². The standard InChI is InChI=1S/C33H45N9O5/c1-33(2,3)47-32(45)41-24(6-4-5-13-34)30(43)37-15-11-22-7-9-23(10-8-22)25-21-38-29(35)28(39-25)31(44)40-26-20-36-14-12-27(26)42-16-18-46-19-17-42/h7-10,12,14,20-21,24H,4-6,11,13,15-19,34H2,1-3H3,(H2,35,38)(H,37,43)(H,40,44)(H,41,45). The van der Waals surface area contributed by atoms with Gasteiger partial charge < -0.3 is 41.8 Å². The van der Waals surface area contributed by atoms with E-state index in [1.165, 1.54) is 6.20 Å². The Bertz CT molecular complexity index is 1510. The van der Waals surface area contributed by atoms with Crippen LogP contribution in [-0.2, 0) is 20.7 Å². The summed E-state index contributed by atoms with van der Waals surface area (Å²) in [7, 11) is 0. The number of pyridine rings is 1. The lowest BCUT2D eigenvalue weighted by Crippen LogP contribution is -2.48. The van der Waals surface area contributed by atoms with Crippen LogP contribution >= 0.6 is 0 Å². The van der Waals surface area contributed by atoms with Gasteiger partial charge in [-0.05, 0) is 64.6 Å². The molecule has 1 aliphatic rings. The number of amides is 3. The molecule has 0 aliphatic carbocycles. The molecule has 0 saturated carbocycles.